The average Bonchev–Trinajstić information content (AvgIpc) is 3.27. The molecule has 33 heavy (non-hydrogen) atoms. The highest BCUT2D eigenvalue weighted by Gasteiger charge is 2.63. The topological polar surface area (TPSA) is 84.0 Å². The summed E-state index contributed by atoms with van der Waals surface area (Å²) in [6.07, 6.45) is 3.90. The van der Waals surface area contributed by atoms with Crippen LogP contribution >= 0.6 is 0 Å². The van der Waals surface area contributed by atoms with Gasteiger partial charge in [-0.15, -0.1) is 0 Å². The second-order valence-electron chi connectivity index (χ2n) is 8.71. The van der Waals surface area contributed by atoms with Crippen molar-refractivity contribution < 1.29 is 23.9 Å². The molecule has 0 unspecified atom stereocenters. The highest BCUT2D eigenvalue weighted by Crippen LogP contribution is 2.49. The number of rotatable bonds is 4. The number of nitrogens with zero attached hydrogens (tertiary/aromatic N) is 2. The van der Waals surface area contributed by atoms with E-state index >= 15 is 0 Å². The molecule has 0 spiro atoms. The van der Waals surface area contributed by atoms with Crippen LogP contribution in [-0.2, 0) is 19.1 Å². The summed E-state index contributed by atoms with van der Waals surface area (Å²) in [6, 6.07) is 11.1. The van der Waals surface area contributed by atoms with Gasteiger partial charge in [-0.25, -0.2) is 9.69 Å². The number of anilines is 2. The number of esters is 1. The Balaban J connectivity index is 1.52. The lowest BCUT2D eigenvalue weighted by Crippen LogP contribution is -2.48. The summed E-state index contributed by atoms with van der Waals surface area (Å²) >= 11 is 0. The highest BCUT2D eigenvalue weighted by atomic mass is 16.5. The van der Waals surface area contributed by atoms with Crippen molar-refractivity contribution in [2.75, 3.05) is 16.4 Å². The molecule has 0 saturated carbocycles. The molecule has 2 aromatic rings. The van der Waals surface area contributed by atoms with Crippen LogP contribution in [0.4, 0.5) is 11.4 Å². The first-order valence-corrected chi connectivity index (χ1v) is 11.1. The largest absolute Gasteiger partial charge is 0.462 e. The Hall–Kier alpha value is -3.74. The molecular weight excluding hydrogens is 420 g/mol. The number of ether oxygens (including phenoxy) is 1. The van der Waals surface area contributed by atoms with E-state index in [4.69, 9.17) is 4.74 Å². The number of aryl methyl sites for hydroxylation is 1. The van der Waals surface area contributed by atoms with Crippen molar-refractivity contribution in [2.45, 2.75) is 32.9 Å². The fourth-order valence-electron chi connectivity index (χ4n) is 5.37. The van der Waals surface area contributed by atoms with Crippen LogP contribution in [0.3, 0.4) is 0 Å². The Labute approximate surface area is 191 Å². The lowest BCUT2D eigenvalue weighted by atomic mass is 9.88. The van der Waals surface area contributed by atoms with Crippen LogP contribution in [0.1, 0.15) is 35.3 Å². The molecule has 0 aromatic heterocycles. The van der Waals surface area contributed by atoms with E-state index < -0.39 is 23.8 Å². The Morgan fingerprint density at radius 3 is 2.36 bits per heavy atom. The van der Waals surface area contributed by atoms with Gasteiger partial charge >= 0.3 is 5.97 Å². The van der Waals surface area contributed by atoms with Crippen molar-refractivity contribution >= 4 is 41.0 Å². The molecule has 2 aromatic carbocycles. The van der Waals surface area contributed by atoms with Crippen LogP contribution in [0.25, 0.3) is 6.08 Å². The van der Waals surface area contributed by atoms with Gasteiger partial charge in [0.15, 0.2) is 5.78 Å². The predicted octanol–water partition coefficient (Wildman–Crippen LogP) is 3.15. The standard InChI is InChI=1S/C26H24N2O5/c1-4-33-26(32)16-6-9-18(10-7-16)27-24(30)21-20-12-8-17-13-14(2)5-11-19(17)28(20)23(15(3)29)22(21)25(27)31/h5-13,20-23H,4H2,1-3H3/t20-,21-,22-,23+/m1/s1. The van der Waals surface area contributed by atoms with Gasteiger partial charge in [0, 0.05) is 5.69 Å². The van der Waals surface area contributed by atoms with Crippen LogP contribution in [-0.4, -0.2) is 42.3 Å². The van der Waals surface area contributed by atoms with Gasteiger partial charge in [-0.3, -0.25) is 14.4 Å². The maximum atomic E-state index is 13.6. The smallest absolute Gasteiger partial charge is 0.338 e. The van der Waals surface area contributed by atoms with Crippen molar-refractivity contribution in [1.82, 2.24) is 0 Å². The average molecular weight is 444 g/mol. The van der Waals surface area contributed by atoms with Crippen molar-refractivity contribution in [3.8, 4) is 0 Å². The van der Waals surface area contributed by atoms with Crippen LogP contribution in [0, 0.1) is 18.8 Å². The minimum absolute atomic E-state index is 0.144. The number of carbonyl (C=O) groups is 4. The van der Waals surface area contributed by atoms with E-state index in [1.165, 1.54) is 19.1 Å². The van der Waals surface area contributed by atoms with E-state index in [0.29, 0.717) is 11.3 Å². The molecule has 2 fully saturated rings. The number of ketones is 1. The van der Waals surface area contributed by atoms with Gasteiger partial charge in [0.05, 0.1) is 35.7 Å². The minimum atomic E-state index is -0.762. The van der Waals surface area contributed by atoms with Crippen molar-refractivity contribution in [2.24, 2.45) is 11.8 Å². The summed E-state index contributed by atoms with van der Waals surface area (Å²) in [5, 5.41) is 0. The van der Waals surface area contributed by atoms with E-state index in [1.807, 2.05) is 42.2 Å². The maximum absolute atomic E-state index is 13.6. The molecule has 3 aliphatic heterocycles. The molecule has 5 rings (SSSR count). The molecule has 0 N–H and O–H groups in total. The zero-order chi connectivity index (χ0) is 23.4. The highest BCUT2D eigenvalue weighted by molar-refractivity contribution is 6.24. The van der Waals surface area contributed by atoms with Gasteiger partial charge in [-0.1, -0.05) is 23.8 Å². The molecule has 3 aliphatic rings. The molecule has 0 bridgehead atoms. The molecule has 2 amide bonds. The fraction of sp³-hybridized carbons (Fsp3) is 0.308. The third-order valence-electron chi connectivity index (χ3n) is 6.71. The third kappa shape index (κ3) is 3.10. The number of fused-ring (bicyclic) bond motifs is 5. The van der Waals surface area contributed by atoms with Crippen molar-refractivity contribution in [3.05, 3.63) is 65.2 Å². The number of amides is 2. The van der Waals surface area contributed by atoms with Gasteiger partial charge in [-0.2, -0.15) is 0 Å². The lowest BCUT2D eigenvalue weighted by molar-refractivity contribution is -0.126. The van der Waals surface area contributed by atoms with Crippen molar-refractivity contribution in [3.63, 3.8) is 0 Å². The predicted molar refractivity (Wildman–Crippen MR) is 123 cm³/mol. The Morgan fingerprint density at radius 2 is 1.70 bits per heavy atom. The summed E-state index contributed by atoms with van der Waals surface area (Å²) in [5.74, 6) is -2.73. The summed E-state index contributed by atoms with van der Waals surface area (Å²) in [6.45, 7) is 5.46. The normalized spacial score (nSPS) is 25.1. The van der Waals surface area contributed by atoms with E-state index in [2.05, 4.69) is 0 Å². The van der Waals surface area contributed by atoms with E-state index in [1.54, 1.807) is 19.1 Å². The quantitative estimate of drug-likeness (QED) is 0.532. The second kappa shape index (κ2) is 7.69. The number of hydrogen-bond acceptors (Lipinski definition) is 6. The van der Waals surface area contributed by atoms with Crippen molar-refractivity contribution in [1.29, 1.82) is 0 Å². The molecule has 7 heteroatoms. The Kier molecular flexibility index (Phi) is 4.92. The number of benzene rings is 2. The van der Waals surface area contributed by atoms with Crippen LogP contribution in [0.2, 0.25) is 0 Å². The molecule has 2 saturated heterocycles. The first-order valence-electron chi connectivity index (χ1n) is 11.1. The molecule has 168 valence electrons. The Bertz CT molecular complexity index is 1220. The van der Waals surface area contributed by atoms with E-state index in [0.717, 1.165) is 21.7 Å². The minimum Gasteiger partial charge on any atom is -0.462 e. The van der Waals surface area contributed by atoms with Gasteiger partial charge in [0.1, 0.15) is 6.04 Å². The number of carbonyl (C=O) groups excluding carboxylic acids is 4. The summed E-state index contributed by atoms with van der Waals surface area (Å²) in [4.78, 5) is 55.0. The fourth-order valence-corrected chi connectivity index (χ4v) is 5.37. The summed E-state index contributed by atoms with van der Waals surface area (Å²) in [5.41, 5.74) is 3.67. The SMILES string of the molecule is CCOC(=O)c1ccc(N2C(=O)[C@@H]3[C@H](C2=O)[C@H]2C=Cc4cc(C)ccc4N2[C@H]3C(C)=O)cc1. The van der Waals surface area contributed by atoms with Crippen LogP contribution < -0.4 is 9.80 Å². The lowest BCUT2D eigenvalue weighted by Gasteiger charge is -2.36. The molecule has 3 heterocycles. The molecule has 4 atom stereocenters. The van der Waals surface area contributed by atoms with Crippen LogP contribution in [0.5, 0.6) is 0 Å². The van der Waals surface area contributed by atoms with Gasteiger partial charge in [0.25, 0.3) is 0 Å². The third-order valence-corrected chi connectivity index (χ3v) is 6.71. The Morgan fingerprint density at radius 1 is 1.00 bits per heavy atom. The first kappa shape index (κ1) is 21.1. The second-order valence-corrected chi connectivity index (χ2v) is 8.71. The number of imide groups is 1. The van der Waals surface area contributed by atoms with E-state index in [9.17, 15) is 19.2 Å². The van der Waals surface area contributed by atoms with Gasteiger partial charge < -0.3 is 9.64 Å². The van der Waals surface area contributed by atoms with Crippen LogP contribution in [0.15, 0.2) is 48.5 Å². The number of Topliss-reactive ketones (excluding diaryl/α,β-unsaturated/α-hetero) is 1. The summed E-state index contributed by atoms with van der Waals surface area (Å²) < 4.78 is 4.99. The van der Waals surface area contributed by atoms with E-state index in [-0.39, 0.29) is 30.2 Å². The molecular formula is C26H24N2O5. The summed E-state index contributed by atoms with van der Waals surface area (Å²) in [7, 11) is 0. The zero-order valence-corrected chi connectivity index (χ0v) is 18.6. The monoisotopic (exact) mass is 444 g/mol. The maximum Gasteiger partial charge on any atom is 0.338 e. The van der Waals surface area contributed by atoms with Gasteiger partial charge in [-0.05, 0) is 62.7 Å². The first-order chi connectivity index (χ1) is 15.8. The zero-order valence-electron chi connectivity index (χ0n) is 18.6. The number of hydrogen-bond donors (Lipinski definition) is 0. The van der Waals surface area contributed by atoms with Gasteiger partial charge in [0.2, 0.25) is 11.8 Å². The molecule has 0 aliphatic carbocycles. The molecule has 7 nitrogen and oxygen atoms in total. The molecule has 0 radical (unpaired) electrons.